The molecule has 0 aliphatic rings. The molecule has 4 aromatic heterocycles. The number of pyridine rings is 2. The highest BCUT2D eigenvalue weighted by molar-refractivity contribution is 6.00. The molecule has 4 heterocycles. The Labute approximate surface area is 205 Å². The van der Waals surface area contributed by atoms with Crippen LogP contribution in [0.5, 0.6) is 5.75 Å². The molecule has 0 radical (unpaired) electrons. The van der Waals surface area contributed by atoms with E-state index in [0.29, 0.717) is 28.0 Å². The van der Waals surface area contributed by atoms with Crippen molar-refractivity contribution in [3.05, 3.63) is 78.0 Å². The van der Waals surface area contributed by atoms with Gasteiger partial charge in [-0.05, 0) is 44.2 Å². The SMILES string of the molecule is Cc1noc(C)c1-c1cnc2c(c1)c(-c1ccc(C(=O)O)cc1OC(F)(F)F)cn2-c1ccncc1F. The number of aromatic carboxylic acids is 1. The van der Waals surface area contributed by atoms with E-state index in [0.717, 1.165) is 18.3 Å². The Morgan fingerprint density at radius 1 is 1.11 bits per heavy atom. The van der Waals surface area contributed by atoms with Gasteiger partial charge in [0.15, 0.2) is 5.82 Å². The number of carboxylic acid groups (broad SMARTS) is 1. The molecule has 0 aliphatic carbocycles. The largest absolute Gasteiger partial charge is 0.573 e. The highest BCUT2D eigenvalue weighted by Gasteiger charge is 2.33. The molecular formula is C25H16F4N4O4. The number of aryl methyl sites for hydroxylation is 2. The average Bonchev–Trinajstić information content (AvgIpc) is 3.37. The van der Waals surface area contributed by atoms with Crippen LogP contribution >= 0.6 is 0 Å². The van der Waals surface area contributed by atoms with Crippen molar-refractivity contribution in [1.82, 2.24) is 19.7 Å². The Hall–Kier alpha value is -4.74. The zero-order chi connectivity index (χ0) is 26.5. The summed E-state index contributed by atoms with van der Waals surface area (Å²) < 4.78 is 65.4. The molecule has 188 valence electrons. The van der Waals surface area contributed by atoms with E-state index in [9.17, 15) is 27.5 Å². The number of fused-ring (bicyclic) bond motifs is 1. The van der Waals surface area contributed by atoms with E-state index in [1.54, 1.807) is 19.9 Å². The number of ether oxygens (including phenoxy) is 1. The van der Waals surface area contributed by atoms with E-state index in [-0.39, 0.29) is 22.5 Å². The molecule has 5 rings (SSSR count). The topological polar surface area (TPSA) is 103 Å². The second-order valence-corrected chi connectivity index (χ2v) is 8.10. The van der Waals surface area contributed by atoms with Gasteiger partial charge in [0.05, 0.1) is 23.1 Å². The molecule has 1 N–H and O–H groups in total. The molecule has 1 aromatic carbocycles. The summed E-state index contributed by atoms with van der Waals surface area (Å²) >= 11 is 0. The second-order valence-electron chi connectivity index (χ2n) is 8.10. The van der Waals surface area contributed by atoms with Gasteiger partial charge in [-0.3, -0.25) is 9.55 Å². The van der Waals surface area contributed by atoms with Gasteiger partial charge in [-0.25, -0.2) is 14.2 Å². The number of alkyl halides is 3. The van der Waals surface area contributed by atoms with Crippen LogP contribution in [0.25, 0.3) is 39.0 Å². The molecule has 12 heteroatoms. The first kappa shape index (κ1) is 24.0. The Bertz CT molecular complexity index is 1650. The van der Waals surface area contributed by atoms with Crippen LogP contribution in [0.4, 0.5) is 17.6 Å². The fourth-order valence-corrected chi connectivity index (χ4v) is 4.19. The van der Waals surface area contributed by atoms with Gasteiger partial charge in [0.25, 0.3) is 0 Å². The van der Waals surface area contributed by atoms with Crippen molar-refractivity contribution < 1.29 is 36.7 Å². The average molecular weight is 512 g/mol. The molecule has 37 heavy (non-hydrogen) atoms. The fraction of sp³-hybridized carbons (Fsp3) is 0.120. The second kappa shape index (κ2) is 8.73. The van der Waals surface area contributed by atoms with E-state index in [1.807, 2.05) is 0 Å². The molecule has 5 aromatic rings. The van der Waals surface area contributed by atoms with Crippen molar-refractivity contribution in [2.24, 2.45) is 0 Å². The van der Waals surface area contributed by atoms with Crippen molar-refractivity contribution >= 4 is 17.0 Å². The Morgan fingerprint density at radius 3 is 2.54 bits per heavy atom. The van der Waals surface area contributed by atoms with E-state index in [2.05, 4.69) is 19.9 Å². The predicted molar refractivity (Wildman–Crippen MR) is 123 cm³/mol. The van der Waals surface area contributed by atoms with Crippen LogP contribution in [0.15, 0.2) is 59.6 Å². The maximum absolute atomic E-state index is 14.7. The van der Waals surface area contributed by atoms with Crippen molar-refractivity contribution in [3.8, 4) is 33.7 Å². The summed E-state index contributed by atoms with van der Waals surface area (Å²) in [5, 5.41) is 13.6. The van der Waals surface area contributed by atoms with Crippen molar-refractivity contribution in [3.63, 3.8) is 0 Å². The summed E-state index contributed by atoms with van der Waals surface area (Å²) in [6.45, 7) is 3.44. The number of rotatable bonds is 5. The number of hydrogen-bond donors (Lipinski definition) is 1. The van der Waals surface area contributed by atoms with Gasteiger partial charge in [0.1, 0.15) is 17.2 Å². The minimum Gasteiger partial charge on any atom is -0.478 e. The molecule has 0 unspecified atom stereocenters. The summed E-state index contributed by atoms with van der Waals surface area (Å²) in [6.07, 6.45) is 0.198. The van der Waals surface area contributed by atoms with Crippen LogP contribution < -0.4 is 4.74 Å². The summed E-state index contributed by atoms with van der Waals surface area (Å²) in [4.78, 5) is 19.7. The molecule has 0 aliphatic heterocycles. The fourth-order valence-electron chi connectivity index (χ4n) is 4.19. The first-order chi connectivity index (χ1) is 17.5. The highest BCUT2D eigenvalue weighted by atomic mass is 19.4. The third kappa shape index (κ3) is 4.37. The summed E-state index contributed by atoms with van der Waals surface area (Å²) in [6, 6.07) is 6.20. The quantitative estimate of drug-likeness (QED) is 0.284. The molecule has 0 fully saturated rings. The van der Waals surface area contributed by atoms with Crippen LogP contribution in [-0.4, -0.2) is 37.1 Å². The van der Waals surface area contributed by atoms with Gasteiger partial charge in [0.2, 0.25) is 0 Å². The summed E-state index contributed by atoms with van der Waals surface area (Å²) in [5.74, 6) is -2.34. The number of halogens is 4. The van der Waals surface area contributed by atoms with Crippen LogP contribution in [-0.2, 0) is 0 Å². The zero-order valence-corrected chi connectivity index (χ0v) is 19.2. The lowest BCUT2D eigenvalue weighted by Crippen LogP contribution is -2.18. The molecule has 0 bridgehead atoms. The highest BCUT2D eigenvalue weighted by Crippen LogP contribution is 2.41. The van der Waals surface area contributed by atoms with Crippen LogP contribution in [0, 0.1) is 19.7 Å². The van der Waals surface area contributed by atoms with Crippen LogP contribution in [0.3, 0.4) is 0 Å². The lowest BCUT2D eigenvalue weighted by Gasteiger charge is -2.14. The van der Waals surface area contributed by atoms with E-state index in [1.165, 1.54) is 35.3 Å². The van der Waals surface area contributed by atoms with Crippen molar-refractivity contribution in [2.75, 3.05) is 0 Å². The number of aromatic nitrogens is 4. The molecule has 8 nitrogen and oxygen atoms in total. The number of hydrogen-bond acceptors (Lipinski definition) is 6. The monoisotopic (exact) mass is 512 g/mol. The lowest BCUT2D eigenvalue weighted by molar-refractivity contribution is -0.274. The van der Waals surface area contributed by atoms with E-state index < -0.39 is 29.5 Å². The number of benzene rings is 1. The minimum absolute atomic E-state index is 0.0595. The maximum Gasteiger partial charge on any atom is 0.573 e. The standard InChI is InChI=1S/C25H16F4N4O4/c1-12-22(13(2)37-32-12)15-7-17-18(11-33(23(17)31-9-15)20-5-6-30-10-19(20)26)16-4-3-14(24(34)35)8-21(16)36-25(27,28)29/h3-11H,1-2H3,(H,34,35). The van der Waals surface area contributed by atoms with Crippen LogP contribution in [0.2, 0.25) is 0 Å². The summed E-state index contributed by atoms with van der Waals surface area (Å²) in [7, 11) is 0. The molecule has 0 saturated heterocycles. The van der Waals surface area contributed by atoms with Crippen molar-refractivity contribution in [1.29, 1.82) is 0 Å². The van der Waals surface area contributed by atoms with Gasteiger partial charge in [-0.1, -0.05) is 5.16 Å². The lowest BCUT2D eigenvalue weighted by atomic mass is 10.00. The number of carbonyl (C=O) groups is 1. The van der Waals surface area contributed by atoms with E-state index in [4.69, 9.17) is 4.52 Å². The Balaban J connectivity index is 1.83. The van der Waals surface area contributed by atoms with Gasteiger partial charge in [-0.2, -0.15) is 0 Å². The smallest absolute Gasteiger partial charge is 0.478 e. The van der Waals surface area contributed by atoms with Gasteiger partial charge < -0.3 is 14.4 Å². The summed E-state index contributed by atoms with van der Waals surface area (Å²) in [5.41, 5.74) is 1.81. The van der Waals surface area contributed by atoms with Gasteiger partial charge >= 0.3 is 12.3 Å². The Morgan fingerprint density at radius 2 is 1.89 bits per heavy atom. The third-order valence-corrected chi connectivity index (χ3v) is 5.72. The predicted octanol–water partition coefficient (Wildman–Crippen LogP) is 6.10. The zero-order valence-electron chi connectivity index (χ0n) is 19.2. The third-order valence-electron chi connectivity index (χ3n) is 5.72. The minimum atomic E-state index is -5.10. The first-order valence-corrected chi connectivity index (χ1v) is 10.7. The molecule has 0 saturated carbocycles. The normalized spacial score (nSPS) is 11.7. The van der Waals surface area contributed by atoms with Gasteiger partial charge in [0, 0.05) is 46.2 Å². The molecule has 0 spiro atoms. The molecule has 0 atom stereocenters. The number of carboxylic acids is 1. The molecular weight excluding hydrogens is 496 g/mol. The maximum atomic E-state index is 14.7. The van der Waals surface area contributed by atoms with Gasteiger partial charge in [-0.15, -0.1) is 13.2 Å². The Kier molecular flexibility index (Phi) is 5.66. The van der Waals surface area contributed by atoms with Crippen LogP contribution in [0.1, 0.15) is 21.8 Å². The van der Waals surface area contributed by atoms with E-state index >= 15 is 0 Å². The van der Waals surface area contributed by atoms with Crippen molar-refractivity contribution in [2.45, 2.75) is 20.2 Å². The molecule has 0 amide bonds. The first-order valence-electron chi connectivity index (χ1n) is 10.7. The number of nitrogens with zero attached hydrogens (tertiary/aromatic N) is 4.